The molecule has 0 bridgehead atoms. The number of likely N-dealkylation sites (tertiary alicyclic amines) is 1. The van der Waals surface area contributed by atoms with Crippen molar-refractivity contribution in [1.29, 1.82) is 0 Å². The predicted molar refractivity (Wildman–Crippen MR) is 79.4 cm³/mol. The Morgan fingerprint density at radius 1 is 1.40 bits per heavy atom. The van der Waals surface area contributed by atoms with E-state index in [1.165, 1.54) is 10.7 Å². The molecule has 140 valence electrons. The Bertz CT molecular complexity index is 792. The summed E-state index contributed by atoms with van der Waals surface area (Å²) in [6.07, 6.45) is 1.30. The highest BCUT2D eigenvalue weighted by Gasteiger charge is 2.50. The molecule has 0 aromatic carbocycles. The van der Waals surface area contributed by atoms with Gasteiger partial charge < -0.3 is 14.4 Å². The van der Waals surface area contributed by atoms with E-state index in [1.54, 1.807) is 11.8 Å². The summed E-state index contributed by atoms with van der Waals surface area (Å²) in [6, 6.07) is 1.02. The molecule has 1 spiro atoms. The summed E-state index contributed by atoms with van der Waals surface area (Å²) in [5.41, 5.74) is -5.37. The van der Waals surface area contributed by atoms with Crippen LogP contribution in [0.1, 0.15) is 25.5 Å². The second kappa shape index (κ2) is 5.78. The van der Waals surface area contributed by atoms with Crippen molar-refractivity contribution in [3.05, 3.63) is 11.8 Å². The number of hydrogen-bond acceptors (Lipinski definition) is 5. The zero-order valence-electron chi connectivity index (χ0n) is 13.3. The number of carbonyl (C=O) groups is 1. The number of aromatic nitrogens is 2. The van der Waals surface area contributed by atoms with E-state index in [1.807, 2.05) is 0 Å². The molecule has 3 rings (SSSR count). The fourth-order valence-electron chi connectivity index (χ4n) is 3.36. The first-order chi connectivity index (χ1) is 11.6. The van der Waals surface area contributed by atoms with Gasteiger partial charge in [-0.1, -0.05) is 0 Å². The molecule has 1 N–H and O–H groups in total. The predicted octanol–water partition coefficient (Wildman–Crippen LogP) is 1.19. The van der Waals surface area contributed by atoms with Crippen molar-refractivity contribution in [3.63, 3.8) is 0 Å². The summed E-state index contributed by atoms with van der Waals surface area (Å²) >= 11 is 0. The number of nitrogens with zero attached hydrogens (tertiary/aromatic N) is 3. The number of carbonyl (C=O) groups excluding carboxylic acids is 1. The van der Waals surface area contributed by atoms with Gasteiger partial charge in [0.1, 0.15) is 0 Å². The van der Waals surface area contributed by atoms with Gasteiger partial charge in [0.2, 0.25) is 0 Å². The molecule has 2 aliphatic rings. The van der Waals surface area contributed by atoms with Crippen LogP contribution < -0.4 is 9.50 Å². The zero-order chi connectivity index (χ0) is 18.5. The Labute approximate surface area is 142 Å². The van der Waals surface area contributed by atoms with Crippen LogP contribution in [0.2, 0.25) is 0 Å². The number of hydrogen-bond donors (Lipinski definition) is 1. The van der Waals surface area contributed by atoms with Gasteiger partial charge in [-0.3, -0.25) is 4.68 Å². The van der Waals surface area contributed by atoms with Crippen LogP contribution in [0.5, 0.6) is 5.88 Å². The highest BCUT2D eigenvalue weighted by atomic mass is 32.2. The largest absolute Gasteiger partial charge is 0.534 e. The van der Waals surface area contributed by atoms with Crippen molar-refractivity contribution >= 4 is 16.1 Å². The molecule has 0 saturated carbocycles. The van der Waals surface area contributed by atoms with E-state index in [2.05, 4.69) is 14.6 Å². The third-order valence-electron chi connectivity index (χ3n) is 4.55. The molecule has 0 radical (unpaired) electrons. The van der Waals surface area contributed by atoms with Crippen molar-refractivity contribution in [2.75, 3.05) is 19.6 Å². The van der Waals surface area contributed by atoms with Crippen molar-refractivity contribution in [3.8, 4) is 5.88 Å². The third kappa shape index (κ3) is 3.02. The Hall–Kier alpha value is -1.98. The number of halogens is 3. The maximum Gasteiger partial charge on any atom is 0.534 e. The molecular weight excluding hydrogens is 365 g/mol. The second-order valence-electron chi connectivity index (χ2n) is 6.11. The van der Waals surface area contributed by atoms with Gasteiger partial charge in [-0.25, -0.2) is 4.79 Å². The van der Waals surface area contributed by atoms with Gasteiger partial charge in [0.15, 0.2) is 0 Å². The second-order valence-corrected chi connectivity index (χ2v) is 7.65. The molecule has 2 amide bonds. The van der Waals surface area contributed by atoms with E-state index < -0.39 is 26.9 Å². The highest BCUT2D eigenvalue weighted by molar-refractivity contribution is 7.87. The first-order valence-electron chi connectivity index (χ1n) is 7.70. The lowest BCUT2D eigenvalue weighted by molar-refractivity contribution is -0.0501. The lowest BCUT2D eigenvalue weighted by Gasteiger charge is -2.23. The van der Waals surface area contributed by atoms with Crippen molar-refractivity contribution in [2.24, 2.45) is 0 Å². The van der Waals surface area contributed by atoms with E-state index in [0.717, 1.165) is 0 Å². The van der Waals surface area contributed by atoms with Crippen LogP contribution in [-0.4, -0.2) is 54.3 Å². The molecule has 8 nitrogen and oxygen atoms in total. The van der Waals surface area contributed by atoms with Gasteiger partial charge in [0.05, 0.1) is 5.69 Å². The number of alkyl halides is 3. The Kier molecular flexibility index (Phi) is 4.12. The van der Waals surface area contributed by atoms with Gasteiger partial charge in [-0.2, -0.15) is 21.6 Å². The molecule has 12 heteroatoms. The Morgan fingerprint density at radius 3 is 2.72 bits per heavy atom. The van der Waals surface area contributed by atoms with Gasteiger partial charge in [-0.05, 0) is 19.8 Å². The first-order valence-corrected chi connectivity index (χ1v) is 9.11. The zero-order valence-corrected chi connectivity index (χ0v) is 14.2. The van der Waals surface area contributed by atoms with Crippen molar-refractivity contribution < 1.29 is 30.6 Å². The van der Waals surface area contributed by atoms with Gasteiger partial charge in [0.25, 0.3) is 5.88 Å². The number of amides is 2. The van der Waals surface area contributed by atoms with E-state index in [-0.39, 0.29) is 6.03 Å². The molecule has 3 heterocycles. The van der Waals surface area contributed by atoms with E-state index >= 15 is 0 Å². The summed E-state index contributed by atoms with van der Waals surface area (Å²) in [5, 5.41) is 6.52. The number of rotatable bonds is 3. The minimum Gasteiger partial charge on any atom is -0.354 e. The Balaban J connectivity index is 1.81. The first kappa shape index (κ1) is 17.8. The topological polar surface area (TPSA) is 93.5 Å². The van der Waals surface area contributed by atoms with Gasteiger partial charge in [-0.15, -0.1) is 5.10 Å². The molecule has 1 saturated heterocycles. The van der Waals surface area contributed by atoms with Crippen LogP contribution >= 0.6 is 0 Å². The molecule has 25 heavy (non-hydrogen) atoms. The lowest BCUT2D eigenvalue weighted by atomic mass is 9.83. The molecule has 2 aliphatic heterocycles. The van der Waals surface area contributed by atoms with Crippen molar-refractivity contribution in [1.82, 2.24) is 20.0 Å². The SMILES string of the molecule is CCNC(=O)N1CCC2(CCn3nc(OS(=O)(=O)C(F)(F)F)cc32)C1. The van der Waals surface area contributed by atoms with Crippen molar-refractivity contribution in [2.45, 2.75) is 37.2 Å². The van der Waals surface area contributed by atoms with E-state index in [0.29, 0.717) is 44.7 Å². The quantitative estimate of drug-likeness (QED) is 0.626. The average Bonchev–Trinajstić information content (AvgIpc) is 3.15. The van der Waals surface area contributed by atoms with Crippen LogP contribution in [0.25, 0.3) is 0 Å². The fraction of sp³-hybridized carbons (Fsp3) is 0.692. The molecule has 1 atom stereocenters. The standard InChI is InChI=1S/C13H17F3N4O4S/c1-2-17-11(21)19-5-3-12(8-19)4-6-20-9(12)7-10(18-20)24-25(22,23)13(14,15)16/h7H,2-6,8H2,1H3,(H,17,21). The van der Waals surface area contributed by atoms with Crippen LogP contribution in [0, 0.1) is 0 Å². The third-order valence-corrected chi connectivity index (χ3v) is 5.51. The molecule has 1 aromatic rings. The van der Waals surface area contributed by atoms with Gasteiger partial charge in [0, 0.05) is 37.7 Å². The minimum atomic E-state index is -5.76. The summed E-state index contributed by atoms with van der Waals surface area (Å²) in [5.74, 6) is -0.608. The lowest BCUT2D eigenvalue weighted by Crippen LogP contribution is -2.40. The molecular formula is C13H17F3N4O4S. The molecule has 1 unspecified atom stereocenters. The average molecular weight is 382 g/mol. The smallest absolute Gasteiger partial charge is 0.354 e. The van der Waals surface area contributed by atoms with E-state index in [9.17, 15) is 26.4 Å². The monoisotopic (exact) mass is 382 g/mol. The van der Waals surface area contributed by atoms with Crippen LogP contribution in [-0.2, 0) is 22.1 Å². The Morgan fingerprint density at radius 2 is 2.08 bits per heavy atom. The molecule has 1 fully saturated rings. The van der Waals surface area contributed by atoms with Crippen LogP contribution in [0.3, 0.4) is 0 Å². The maximum absolute atomic E-state index is 12.4. The number of fused-ring (bicyclic) bond motifs is 2. The minimum absolute atomic E-state index is 0.200. The summed E-state index contributed by atoms with van der Waals surface area (Å²) in [4.78, 5) is 13.6. The normalized spacial score (nSPS) is 23.1. The van der Waals surface area contributed by atoms with Crippen LogP contribution in [0.4, 0.5) is 18.0 Å². The van der Waals surface area contributed by atoms with Crippen LogP contribution in [0.15, 0.2) is 6.07 Å². The van der Waals surface area contributed by atoms with Gasteiger partial charge >= 0.3 is 21.7 Å². The number of nitrogens with one attached hydrogen (secondary N) is 1. The summed E-state index contributed by atoms with van der Waals surface area (Å²) < 4.78 is 65.1. The maximum atomic E-state index is 12.4. The molecule has 1 aromatic heterocycles. The fourth-order valence-corrected chi connectivity index (χ4v) is 3.76. The number of aryl methyl sites for hydroxylation is 1. The summed E-state index contributed by atoms with van der Waals surface area (Å²) in [6.45, 7) is 3.63. The van der Waals surface area contributed by atoms with E-state index in [4.69, 9.17) is 0 Å². The number of urea groups is 1. The highest BCUT2D eigenvalue weighted by Crippen LogP contribution is 2.44. The summed E-state index contributed by atoms with van der Waals surface area (Å²) in [7, 11) is -5.76. The molecule has 0 aliphatic carbocycles.